The summed E-state index contributed by atoms with van der Waals surface area (Å²) in [4.78, 5) is 11.5. The monoisotopic (exact) mass is 314 g/mol. The molecule has 0 aromatic rings. The summed E-state index contributed by atoms with van der Waals surface area (Å²) in [5.41, 5.74) is 0. The van der Waals surface area contributed by atoms with Crippen molar-refractivity contribution < 1.29 is 23.7 Å². The molecule has 22 heavy (non-hydrogen) atoms. The van der Waals surface area contributed by atoms with Crippen molar-refractivity contribution in [3.05, 3.63) is 0 Å². The van der Waals surface area contributed by atoms with Crippen LogP contribution in [-0.4, -0.2) is 37.9 Å². The van der Waals surface area contributed by atoms with Gasteiger partial charge in [0.15, 0.2) is 0 Å². The summed E-state index contributed by atoms with van der Waals surface area (Å²) in [7, 11) is 0. The first kappa shape index (κ1) is 17.5. The Balaban J connectivity index is 1.45. The molecule has 1 saturated heterocycles. The highest BCUT2D eigenvalue weighted by Crippen LogP contribution is 2.34. The predicted molar refractivity (Wildman–Crippen MR) is 82.6 cm³/mol. The zero-order valence-electron chi connectivity index (χ0n) is 14.0. The Morgan fingerprint density at radius 1 is 1.23 bits per heavy atom. The van der Waals surface area contributed by atoms with Crippen molar-refractivity contribution in [2.75, 3.05) is 19.8 Å². The van der Waals surface area contributed by atoms with Gasteiger partial charge in [0.1, 0.15) is 6.61 Å². The lowest BCUT2D eigenvalue weighted by Crippen LogP contribution is -2.24. The molecular weight excluding hydrogens is 284 g/mol. The molecule has 0 bridgehead atoms. The van der Waals surface area contributed by atoms with E-state index in [2.05, 4.69) is 0 Å². The van der Waals surface area contributed by atoms with Crippen LogP contribution in [0.5, 0.6) is 0 Å². The van der Waals surface area contributed by atoms with Crippen LogP contribution in [0.4, 0.5) is 4.79 Å². The maximum absolute atomic E-state index is 11.5. The first-order valence-electron chi connectivity index (χ1n) is 8.71. The molecule has 5 heteroatoms. The van der Waals surface area contributed by atoms with Crippen LogP contribution in [0.1, 0.15) is 65.2 Å². The van der Waals surface area contributed by atoms with Crippen molar-refractivity contribution in [1.29, 1.82) is 0 Å². The van der Waals surface area contributed by atoms with Gasteiger partial charge < -0.3 is 18.9 Å². The molecule has 2 fully saturated rings. The second-order valence-corrected chi connectivity index (χ2v) is 6.73. The summed E-state index contributed by atoms with van der Waals surface area (Å²) in [6.45, 7) is 5.57. The molecule has 0 amide bonds. The minimum Gasteiger partial charge on any atom is -0.432 e. The lowest BCUT2D eigenvalue weighted by atomic mass is 10.0. The zero-order chi connectivity index (χ0) is 15.8. The van der Waals surface area contributed by atoms with Crippen molar-refractivity contribution in [2.24, 2.45) is 5.92 Å². The number of rotatable bonds is 10. The van der Waals surface area contributed by atoms with Gasteiger partial charge in [-0.1, -0.05) is 25.7 Å². The molecule has 1 unspecified atom stereocenters. The maximum Gasteiger partial charge on any atom is 0.511 e. The largest absolute Gasteiger partial charge is 0.511 e. The summed E-state index contributed by atoms with van der Waals surface area (Å²) in [5, 5.41) is 0. The Bertz CT molecular complexity index is 332. The minimum atomic E-state index is -0.751. The van der Waals surface area contributed by atoms with Crippen LogP contribution in [0.15, 0.2) is 0 Å². The number of hydrogen-bond acceptors (Lipinski definition) is 5. The zero-order valence-corrected chi connectivity index (χ0v) is 14.0. The lowest BCUT2D eigenvalue weighted by Gasteiger charge is -2.14. The Morgan fingerprint density at radius 3 is 2.55 bits per heavy atom. The highest BCUT2D eigenvalue weighted by molar-refractivity contribution is 5.60. The van der Waals surface area contributed by atoms with Crippen LogP contribution in [0.25, 0.3) is 0 Å². The van der Waals surface area contributed by atoms with E-state index in [-0.39, 0.29) is 6.10 Å². The van der Waals surface area contributed by atoms with Gasteiger partial charge >= 0.3 is 6.16 Å². The van der Waals surface area contributed by atoms with Crippen LogP contribution in [0, 0.1) is 5.92 Å². The molecule has 1 aliphatic carbocycles. The van der Waals surface area contributed by atoms with Gasteiger partial charge in [-0.15, -0.1) is 0 Å². The molecule has 1 atom stereocenters. The third kappa shape index (κ3) is 6.53. The molecule has 2 aliphatic rings. The van der Waals surface area contributed by atoms with Gasteiger partial charge in [0.25, 0.3) is 0 Å². The number of carbonyl (C=O) groups is 1. The molecule has 1 heterocycles. The molecule has 0 aromatic carbocycles. The standard InChI is InChI=1S/C17H30O5/c1-14(2)21-16(18)22-17(13-20-17)10-6-12-19-11-5-9-15-7-3-4-8-15/h14-15H,3-13H2,1-2H3. The summed E-state index contributed by atoms with van der Waals surface area (Å²) < 4.78 is 21.1. The van der Waals surface area contributed by atoms with Crippen molar-refractivity contribution in [2.45, 2.75) is 77.1 Å². The van der Waals surface area contributed by atoms with Crippen LogP contribution in [0.3, 0.4) is 0 Å². The predicted octanol–water partition coefficient (Wildman–Crippen LogP) is 4.04. The van der Waals surface area contributed by atoms with Gasteiger partial charge in [0, 0.05) is 19.6 Å². The SMILES string of the molecule is CC(C)OC(=O)OC1(CCCOCCCC2CCCC2)CO1. The van der Waals surface area contributed by atoms with Crippen LogP contribution in [0.2, 0.25) is 0 Å². The second-order valence-electron chi connectivity index (χ2n) is 6.73. The minimum absolute atomic E-state index is 0.175. The molecule has 0 aromatic heterocycles. The van der Waals surface area contributed by atoms with Gasteiger partial charge in [0.2, 0.25) is 5.79 Å². The number of hydrogen-bond donors (Lipinski definition) is 0. The second kappa shape index (κ2) is 8.73. The van der Waals surface area contributed by atoms with Crippen LogP contribution < -0.4 is 0 Å². The molecule has 1 saturated carbocycles. The summed E-state index contributed by atoms with van der Waals surface area (Å²) in [6, 6.07) is 0. The number of epoxide rings is 1. The van der Waals surface area contributed by atoms with E-state index >= 15 is 0 Å². The molecule has 0 spiro atoms. The van der Waals surface area contributed by atoms with E-state index in [1.165, 1.54) is 32.1 Å². The molecule has 0 radical (unpaired) electrons. The first-order valence-corrected chi connectivity index (χ1v) is 8.71. The number of carbonyl (C=O) groups excluding carboxylic acids is 1. The van der Waals surface area contributed by atoms with Gasteiger partial charge in [-0.2, -0.15) is 0 Å². The van der Waals surface area contributed by atoms with Crippen molar-refractivity contribution >= 4 is 6.16 Å². The summed E-state index contributed by atoms with van der Waals surface area (Å²) >= 11 is 0. The normalized spacial score (nSPS) is 24.7. The van der Waals surface area contributed by atoms with Crippen molar-refractivity contribution in [3.63, 3.8) is 0 Å². The third-order valence-corrected chi connectivity index (χ3v) is 4.29. The Kier molecular flexibility index (Phi) is 6.96. The fourth-order valence-electron chi connectivity index (χ4n) is 3.02. The van der Waals surface area contributed by atoms with Crippen molar-refractivity contribution in [3.8, 4) is 0 Å². The molecule has 5 nitrogen and oxygen atoms in total. The molecule has 2 rings (SSSR count). The Labute approximate surface area is 133 Å². The lowest BCUT2D eigenvalue weighted by molar-refractivity contribution is -0.0510. The van der Waals surface area contributed by atoms with E-state index in [4.69, 9.17) is 18.9 Å². The smallest absolute Gasteiger partial charge is 0.432 e. The summed E-state index contributed by atoms with van der Waals surface area (Å²) in [6.07, 6.45) is 8.77. The molecule has 1 aliphatic heterocycles. The average molecular weight is 314 g/mol. The molecule has 0 N–H and O–H groups in total. The fraction of sp³-hybridized carbons (Fsp3) is 0.941. The van der Waals surface area contributed by atoms with E-state index < -0.39 is 11.9 Å². The van der Waals surface area contributed by atoms with Crippen LogP contribution >= 0.6 is 0 Å². The topological polar surface area (TPSA) is 57.3 Å². The first-order chi connectivity index (χ1) is 10.6. The maximum atomic E-state index is 11.5. The Hall–Kier alpha value is -0.810. The average Bonchev–Trinajstić information content (AvgIpc) is 2.99. The Morgan fingerprint density at radius 2 is 1.91 bits per heavy atom. The quantitative estimate of drug-likeness (QED) is 0.346. The fourth-order valence-corrected chi connectivity index (χ4v) is 3.02. The van der Waals surface area contributed by atoms with Gasteiger partial charge in [-0.05, 0) is 39.0 Å². The van der Waals surface area contributed by atoms with Crippen LogP contribution in [-0.2, 0) is 18.9 Å². The highest BCUT2D eigenvalue weighted by atomic mass is 16.9. The summed E-state index contributed by atoms with van der Waals surface area (Å²) in [5.74, 6) is 0.186. The highest BCUT2D eigenvalue weighted by Gasteiger charge is 2.49. The van der Waals surface area contributed by atoms with E-state index in [0.29, 0.717) is 19.6 Å². The third-order valence-electron chi connectivity index (χ3n) is 4.29. The van der Waals surface area contributed by atoms with E-state index in [1.54, 1.807) is 13.8 Å². The van der Waals surface area contributed by atoms with E-state index in [1.807, 2.05) is 0 Å². The van der Waals surface area contributed by atoms with E-state index in [9.17, 15) is 4.79 Å². The van der Waals surface area contributed by atoms with Gasteiger partial charge in [-0.25, -0.2) is 4.79 Å². The molecule has 128 valence electrons. The van der Waals surface area contributed by atoms with Gasteiger partial charge in [-0.3, -0.25) is 0 Å². The number of ether oxygens (including phenoxy) is 4. The molecular formula is C17H30O5. The van der Waals surface area contributed by atoms with E-state index in [0.717, 1.165) is 25.4 Å². The van der Waals surface area contributed by atoms with Crippen molar-refractivity contribution in [1.82, 2.24) is 0 Å². The van der Waals surface area contributed by atoms with Gasteiger partial charge in [0.05, 0.1) is 6.10 Å².